The van der Waals surface area contributed by atoms with Crippen molar-refractivity contribution in [3.05, 3.63) is 107 Å². The largest absolute Gasteiger partial charge is 0.377 e. The molecule has 1 aliphatic carbocycles. The zero-order valence-corrected chi connectivity index (χ0v) is 15.1. The van der Waals surface area contributed by atoms with Crippen molar-refractivity contribution in [2.45, 2.75) is 24.3 Å². The molecule has 2 heteroatoms. The van der Waals surface area contributed by atoms with Crippen molar-refractivity contribution in [3.8, 4) is 0 Å². The maximum atomic E-state index is 3.78. The molecule has 3 aromatic carbocycles. The van der Waals surface area contributed by atoms with E-state index in [9.17, 15) is 0 Å². The van der Waals surface area contributed by atoms with Crippen LogP contribution in [0.15, 0.2) is 94.7 Å². The van der Waals surface area contributed by atoms with Crippen LogP contribution in [0, 0.1) is 0 Å². The second kappa shape index (κ2) is 7.20. The van der Waals surface area contributed by atoms with Crippen LogP contribution in [0.25, 0.3) is 5.70 Å². The SMILES string of the molecule is C[C@@H](NC1=C(Sc2ccccc2)Cc2ccccc21)c1ccccc1. The predicted molar refractivity (Wildman–Crippen MR) is 107 cm³/mol. The van der Waals surface area contributed by atoms with Gasteiger partial charge in [-0.2, -0.15) is 0 Å². The number of thioether (sulfide) groups is 1. The van der Waals surface area contributed by atoms with Crippen molar-refractivity contribution in [2.24, 2.45) is 0 Å². The Morgan fingerprint density at radius 3 is 2.20 bits per heavy atom. The van der Waals surface area contributed by atoms with Crippen molar-refractivity contribution in [3.63, 3.8) is 0 Å². The van der Waals surface area contributed by atoms with E-state index in [4.69, 9.17) is 0 Å². The zero-order chi connectivity index (χ0) is 17.1. The van der Waals surface area contributed by atoms with E-state index in [0.717, 1.165) is 6.42 Å². The Morgan fingerprint density at radius 1 is 0.800 bits per heavy atom. The molecule has 124 valence electrons. The van der Waals surface area contributed by atoms with Gasteiger partial charge < -0.3 is 5.32 Å². The summed E-state index contributed by atoms with van der Waals surface area (Å²) in [5.41, 5.74) is 5.33. The topological polar surface area (TPSA) is 12.0 Å². The van der Waals surface area contributed by atoms with E-state index in [-0.39, 0.29) is 6.04 Å². The van der Waals surface area contributed by atoms with Gasteiger partial charge in [0.1, 0.15) is 0 Å². The number of nitrogens with one attached hydrogen (secondary N) is 1. The Bertz CT molecular complexity index is 884. The van der Waals surface area contributed by atoms with Gasteiger partial charge in [-0.3, -0.25) is 0 Å². The molecular weight excluding hydrogens is 322 g/mol. The van der Waals surface area contributed by atoms with Gasteiger partial charge in [0.15, 0.2) is 0 Å². The van der Waals surface area contributed by atoms with Crippen LogP contribution in [0.5, 0.6) is 0 Å². The first-order chi connectivity index (χ1) is 12.3. The molecule has 25 heavy (non-hydrogen) atoms. The Kier molecular flexibility index (Phi) is 4.62. The molecule has 1 atom stereocenters. The maximum Gasteiger partial charge on any atom is 0.0525 e. The number of allylic oxidation sites excluding steroid dienone is 1. The molecule has 0 amide bonds. The van der Waals surface area contributed by atoms with Crippen LogP contribution in [0.3, 0.4) is 0 Å². The molecule has 1 nitrogen and oxygen atoms in total. The van der Waals surface area contributed by atoms with Crippen LogP contribution in [0.1, 0.15) is 29.7 Å². The van der Waals surface area contributed by atoms with Crippen molar-refractivity contribution >= 4 is 17.5 Å². The molecule has 0 saturated carbocycles. The molecule has 0 spiro atoms. The summed E-state index contributed by atoms with van der Waals surface area (Å²) in [5, 5.41) is 3.78. The maximum absolute atomic E-state index is 3.78. The highest BCUT2D eigenvalue weighted by molar-refractivity contribution is 8.03. The number of rotatable bonds is 5. The predicted octanol–water partition coefficient (Wildman–Crippen LogP) is 6.05. The van der Waals surface area contributed by atoms with Crippen molar-refractivity contribution in [2.75, 3.05) is 0 Å². The molecule has 3 aromatic rings. The Balaban J connectivity index is 1.66. The minimum Gasteiger partial charge on any atom is -0.377 e. The molecule has 0 aliphatic heterocycles. The highest BCUT2D eigenvalue weighted by Crippen LogP contribution is 2.41. The summed E-state index contributed by atoms with van der Waals surface area (Å²) in [6.45, 7) is 2.23. The smallest absolute Gasteiger partial charge is 0.0525 e. The lowest BCUT2D eigenvalue weighted by Crippen LogP contribution is -2.17. The van der Waals surface area contributed by atoms with Crippen LogP contribution in [-0.4, -0.2) is 0 Å². The first kappa shape index (κ1) is 16.0. The summed E-state index contributed by atoms with van der Waals surface area (Å²) in [6, 6.07) is 30.3. The fraction of sp³-hybridized carbons (Fsp3) is 0.130. The van der Waals surface area contributed by atoms with Gasteiger partial charge in [-0.15, -0.1) is 0 Å². The van der Waals surface area contributed by atoms with E-state index in [0.29, 0.717) is 0 Å². The molecule has 0 unspecified atom stereocenters. The van der Waals surface area contributed by atoms with Crippen molar-refractivity contribution < 1.29 is 0 Å². The quantitative estimate of drug-likeness (QED) is 0.605. The summed E-state index contributed by atoms with van der Waals surface area (Å²) in [7, 11) is 0. The van der Waals surface area contributed by atoms with Gasteiger partial charge in [0.2, 0.25) is 0 Å². The number of benzene rings is 3. The lowest BCUT2D eigenvalue weighted by molar-refractivity contribution is 0.701. The van der Waals surface area contributed by atoms with Gasteiger partial charge in [-0.25, -0.2) is 0 Å². The summed E-state index contributed by atoms with van der Waals surface area (Å²) in [6.07, 6.45) is 1.000. The van der Waals surface area contributed by atoms with Gasteiger partial charge in [0, 0.05) is 27.8 Å². The molecule has 0 bridgehead atoms. The average Bonchev–Trinajstić information content (AvgIpc) is 3.00. The van der Waals surface area contributed by atoms with E-state index < -0.39 is 0 Å². The molecule has 1 N–H and O–H groups in total. The third-order valence-electron chi connectivity index (χ3n) is 4.56. The van der Waals surface area contributed by atoms with Gasteiger partial charge in [-0.05, 0) is 30.2 Å². The monoisotopic (exact) mass is 343 g/mol. The normalized spacial score (nSPS) is 14.3. The van der Waals surface area contributed by atoms with Gasteiger partial charge in [-0.1, -0.05) is 84.6 Å². The summed E-state index contributed by atoms with van der Waals surface area (Å²) >= 11 is 1.87. The Labute approximate surface area is 153 Å². The molecular formula is C23H21NS. The molecule has 0 aromatic heterocycles. The minimum atomic E-state index is 0.272. The highest BCUT2D eigenvalue weighted by Gasteiger charge is 2.23. The number of hydrogen-bond acceptors (Lipinski definition) is 2. The third kappa shape index (κ3) is 3.49. The van der Waals surface area contributed by atoms with Crippen LogP contribution < -0.4 is 5.32 Å². The van der Waals surface area contributed by atoms with Crippen LogP contribution in [0.2, 0.25) is 0 Å². The molecule has 0 radical (unpaired) electrons. The van der Waals surface area contributed by atoms with Gasteiger partial charge >= 0.3 is 0 Å². The van der Waals surface area contributed by atoms with Crippen molar-refractivity contribution in [1.82, 2.24) is 5.32 Å². The minimum absolute atomic E-state index is 0.272. The Hall–Kier alpha value is -2.45. The molecule has 0 saturated heterocycles. The van der Waals surface area contributed by atoms with Crippen LogP contribution >= 0.6 is 11.8 Å². The lowest BCUT2D eigenvalue weighted by Gasteiger charge is -2.19. The third-order valence-corrected chi connectivity index (χ3v) is 5.66. The van der Waals surface area contributed by atoms with Crippen LogP contribution in [0.4, 0.5) is 0 Å². The van der Waals surface area contributed by atoms with Crippen molar-refractivity contribution in [1.29, 1.82) is 0 Å². The molecule has 4 rings (SSSR count). The molecule has 0 heterocycles. The van der Waals surface area contributed by atoms with Gasteiger partial charge in [0.25, 0.3) is 0 Å². The molecule has 1 aliphatic rings. The van der Waals surface area contributed by atoms with E-state index in [2.05, 4.69) is 97.2 Å². The van der Waals surface area contributed by atoms with Crippen LogP contribution in [-0.2, 0) is 6.42 Å². The zero-order valence-electron chi connectivity index (χ0n) is 14.3. The summed E-state index contributed by atoms with van der Waals surface area (Å²) in [4.78, 5) is 2.69. The second-order valence-electron chi connectivity index (χ2n) is 6.32. The average molecular weight is 343 g/mol. The summed E-state index contributed by atoms with van der Waals surface area (Å²) in [5.74, 6) is 0. The van der Waals surface area contributed by atoms with E-state index in [1.165, 1.54) is 32.2 Å². The first-order valence-corrected chi connectivity index (χ1v) is 9.49. The summed E-state index contributed by atoms with van der Waals surface area (Å²) < 4.78 is 0. The fourth-order valence-corrected chi connectivity index (χ4v) is 4.32. The second-order valence-corrected chi connectivity index (χ2v) is 7.49. The van der Waals surface area contributed by atoms with E-state index in [1.807, 2.05) is 11.8 Å². The first-order valence-electron chi connectivity index (χ1n) is 8.67. The molecule has 0 fully saturated rings. The van der Waals surface area contributed by atoms with E-state index in [1.54, 1.807) is 0 Å². The highest BCUT2D eigenvalue weighted by atomic mass is 32.2. The standard InChI is InChI=1S/C23H21NS/c1-17(18-10-4-2-5-11-18)24-23-21-15-9-8-12-19(21)16-22(23)25-20-13-6-3-7-14-20/h2-15,17,24H,16H2,1H3/t17-/m1/s1. The lowest BCUT2D eigenvalue weighted by atomic mass is 10.1. The fourth-order valence-electron chi connectivity index (χ4n) is 3.25. The van der Waals surface area contributed by atoms with E-state index >= 15 is 0 Å². The number of hydrogen-bond donors (Lipinski definition) is 1. The van der Waals surface area contributed by atoms with Gasteiger partial charge in [0.05, 0.1) is 5.70 Å². The number of fused-ring (bicyclic) bond motifs is 1. The Morgan fingerprint density at radius 2 is 1.44 bits per heavy atom.